The van der Waals surface area contributed by atoms with Crippen LogP contribution in [-0.2, 0) is 14.3 Å². The Kier molecular flexibility index (Phi) is 75.3. The number of carbonyl (C=O) groups excluding carboxylic acids is 2. The van der Waals surface area contributed by atoms with Gasteiger partial charge in [-0.15, -0.1) is 0 Å². The lowest BCUT2D eigenvalue weighted by Gasteiger charge is -2.22. The molecule has 0 fully saturated rings. The minimum absolute atomic E-state index is 0.0145. The Morgan fingerprint density at radius 2 is 0.575 bits per heavy atom. The van der Waals surface area contributed by atoms with Gasteiger partial charge in [-0.25, -0.2) is 0 Å². The Bertz CT molecular complexity index is 1360. The van der Waals surface area contributed by atoms with Crippen LogP contribution >= 0.6 is 0 Å². The normalized spacial score (nSPS) is 12.6. The van der Waals surface area contributed by atoms with Crippen molar-refractivity contribution < 1.29 is 24.5 Å². The average molecular weight is 1230 g/mol. The molecule has 0 saturated carbocycles. The van der Waals surface area contributed by atoms with E-state index in [9.17, 15) is 19.8 Å². The largest absolute Gasteiger partial charge is 0.466 e. The molecule has 2 unspecified atom stereocenters. The Hall–Kier alpha value is -1.66. The number of nitrogens with one attached hydrogen (secondary N) is 1. The predicted molar refractivity (Wildman–Crippen MR) is 384 cm³/mol. The van der Waals surface area contributed by atoms with Crippen LogP contribution in [0.1, 0.15) is 457 Å². The van der Waals surface area contributed by atoms with E-state index < -0.39 is 12.1 Å². The van der Waals surface area contributed by atoms with E-state index in [1.807, 2.05) is 0 Å². The Balaban J connectivity index is 3.32. The van der Waals surface area contributed by atoms with Gasteiger partial charge in [-0.2, -0.15) is 0 Å². The number of allylic oxidation sites excluding steroid dienone is 4. The van der Waals surface area contributed by atoms with Crippen LogP contribution in [0, 0.1) is 0 Å². The van der Waals surface area contributed by atoms with E-state index in [2.05, 4.69) is 43.5 Å². The van der Waals surface area contributed by atoms with E-state index in [1.165, 1.54) is 372 Å². The van der Waals surface area contributed by atoms with Crippen LogP contribution < -0.4 is 5.32 Å². The van der Waals surface area contributed by atoms with Crippen LogP contribution in [0.2, 0.25) is 0 Å². The molecule has 0 radical (unpaired) electrons. The summed E-state index contributed by atoms with van der Waals surface area (Å²) in [4.78, 5) is 24.7. The monoisotopic (exact) mass is 1220 g/mol. The van der Waals surface area contributed by atoms with Crippen molar-refractivity contribution in [1.82, 2.24) is 5.32 Å². The molecule has 0 heterocycles. The lowest BCUT2D eigenvalue weighted by molar-refractivity contribution is -0.143. The van der Waals surface area contributed by atoms with Gasteiger partial charge in [0.1, 0.15) is 0 Å². The second-order valence-corrected chi connectivity index (χ2v) is 27.8. The van der Waals surface area contributed by atoms with Crippen molar-refractivity contribution in [3.05, 3.63) is 24.3 Å². The quantitative estimate of drug-likeness (QED) is 0.0320. The van der Waals surface area contributed by atoms with Crippen molar-refractivity contribution in [1.29, 1.82) is 0 Å². The van der Waals surface area contributed by atoms with E-state index in [1.54, 1.807) is 0 Å². The van der Waals surface area contributed by atoms with Gasteiger partial charge < -0.3 is 20.3 Å². The zero-order chi connectivity index (χ0) is 62.8. The molecule has 2 atom stereocenters. The highest BCUT2D eigenvalue weighted by molar-refractivity contribution is 5.76. The fourth-order valence-corrected chi connectivity index (χ4v) is 12.9. The van der Waals surface area contributed by atoms with Gasteiger partial charge in [0, 0.05) is 12.8 Å². The topological polar surface area (TPSA) is 95.9 Å². The highest BCUT2D eigenvalue weighted by atomic mass is 16.5. The molecule has 0 aliphatic heterocycles. The van der Waals surface area contributed by atoms with E-state index in [4.69, 9.17) is 4.74 Å². The molecule has 0 aromatic heterocycles. The third-order valence-corrected chi connectivity index (χ3v) is 19.0. The van der Waals surface area contributed by atoms with Gasteiger partial charge in [-0.1, -0.05) is 411 Å². The first-order valence-corrected chi connectivity index (χ1v) is 40.1. The van der Waals surface area contributed by atoms with Crippen LogP contribution in [0.15, 0.2) is 24.3 Å². The summed E-state index contributed by atoms with van der Waals surface area (Å²) in [5.74, 6) is -0.0106. The molecular formula is C81H157NO5. The van der Waals surface area contributed by atoms with Crippen LogP contribution in [0.25, 0.3) is 0 Å². The standard InChI is InChI=1S/C81H157NO5/c1-3-5-7-9-11-13-15-17-19-21-22-35-38-42-45-49-53-57-61-65-69-73-79(84)78(77-83)82-80(85)74-70-66-62-58-54-50-46-43-39-36-33-31-29-27-25-23-24-26-28-30-32-34-37-40-44-48-52-56-60-64-68-72-76-87-81(86)75-71-67-63-59-55-51-47-41-20-18-16-14-12-10-8-6-4-2/h12,14,18,20,78-79,83-84H,3-11,13,15-17,19,21-77H2,1-2H3,(H,82,85)/b14-12-,20-18-. The number of ether oxygens (including phenoxy) is 1. The lowest BCUT2D eigenvalue weighted by atomic mass is 10.0. The SMILES string of the molecule is CCCCC/C=C\C/C=C\CCCCCCCCCC(=O)OCCCCCCCCCCCCCCCCCCCCCCCCCCCCCCCCCCC(=O)NC(CO)C(O)CCCCCCCCCCCCCCCCCCCCCCC. The average Bonchev–Trinajstić information content (AvgIpc) is 3.52. The van der Waals surface area contributed by atoms with Crippen LogP contribution in [0.4, 0.5) is 0 Å². The van der Waals surface area contributed by atoms with Crippen molar-refractivity contribution in [3.63, 3.8) is 0 Å². The maximum Gasteiger partial charge on any atom is 0.305 e. The maximum absolute atomic E-state index is 12.6. The molecule has 516 valence electrons. The predicted octanol–water partition coefficient (Wildman–Crippen LogP) is 26.4. The molecule has 0 saturated heterocycles. The van der Waals surface area contributed by atoms with Crippen LogP contribution in [-0.4, -0.2) is 47.4 Å². The van der Waals surface area contributed by atoms with Crippen LogP contribution in [0.5, 0.6) is 0 Å². The van der Waals surface area contributed by atoms with Crippen molar-refractivity contribution in [2.75, 3.05) is 13.2 Å². The van der Waals surface area contributed by atoms with Gasteiger partial charge in [-0.3, -0.25) is 9.59 Å². The van der Waals surface area contributed by atoms with Crippen molar-refractivity contribution >= 4 is 11.9 Å². The Morgan fingerprint density at radius 3 is 0.897 bits per heavy atom. The third-order valence-electron chi connectivity index (χ3n) is 19.0. The maximum atomic E-state index is 12.6. The Labute approximate surface area is 545 Å². The highest BCUT2D eigenvalue weighted by Crippen LogP contribution is 2.20. The number of amides is 1. The van der Waals surface area contributed by atoms with Crippen molar-refractivity contribution in [2.24, 2.45) is 0 Å². The minimum Gasteiger partial charge on any atom is -0.466 e. The molecule has 0 aromatic rings. The highest BCUT2D eigenvalue weighted by Gasteiger charge is 2.20. The summed E-state index contributed by atoms with van der Waals surface area (Å²) in [6.07, 6.45) is 98.4. The van der Waals surface area contributed by atoms with Gasteiger partial charge in [0.05, 0.1) is 25.4 Å². The number of aliphatic hydroxyl groups is 2. The number of hydrogen-bond acceptors (Lipinski definition) is 5. The van der Waals surface area contributed by atoms with Gasteiger partial charge in [-0.05, 0) is 57.8 Å². The first-order chi connectivity index (χ1) is 43.0. The van der Waals surface area contributed by atoms with E-state index in [0.29, 0.717) is 25.9 Å². The van der Waals surface area contributed by atoms with Crippen molar-refractivity contribution in [2.45, 2.75) is 469 Å². The summed E-state index contributed by atoms with van der Waals surface area (Å²) in [6, 6.07) is -0.539. The van der Waals surface area contributed by atoms with E-state index in [0.717, 1.165) is 51.4 Å². The summed E-state index contributed by atoms with van der Waals surface area (Å²) in [5.41, 5.74) is 0. The molecule has 0 aromatic carbocycles. The van der Waals surface area contributed by atoms with Crippen LogP contribution in [0.3, 0.4) is 0 Å². The summed E-state index contributed by atoms with van der Waals surface area (Å²) in [5, 5.41) is 23.5. The molecule has 3 N–H and O–H groups in total. The zero-order valence-electron chi connectivity index (χ0n) is 59.3. The number of unbranched alkanes of at least 4 members (excludes halogenated alkanes) is 61. The first-order valence-electron chi connectivity index (χ1n) is 40.1. The molecular weight excluding hydrogens is 1070 g/mol. The fourth-order valence-electron chi connectivity index (χ4n) is 12.9. The summed E-state index contributed by atoms with van der Waals surface area (Å²) < 4.78 is 5.51. The number of aliphatic hydroxyl groups excluding tert-OH is 2. The zero-order valence-corrected chi connectivity index (χ0v) is 59.3. The lowest BCUT2D eigenvalue weighted by Crippen LogP contribution is -2.45. The van der Waals surface area contributed by atoms with E-state index >= 15 is 0 Å². The molecule has 6 nitrogen and oxygen atoms in total. The summed E-state index contributed by atoms with van der Waals surface area (Å²) >= 11 is 0. The molecule has 0 rings (SSSR count). The number of rotatable bonds is 76. The number of hydrogen-bond donors (Lipinski definition) is 3. The molecule has 0 bridgehead atoms. The second-order valence-electron chi connectivity index (χ2n) is 27.8. The third kappa shape index (κ3) is 73.3. The number of carbonyl (C=O) groups is 2. The van der Waals surface area contributed by atoms with Gasteiger partial charge >= 0.3 is 5.97 Å². The smallest absolute Gasteiger partial charge is 0.305 e. The molecule has 1 amide bonds. The van der Waals surface area contributed by atoms with E-state index in [-0.39, 0.29) is 18.5 Å². The summed E-state index contributed by atoms with van der Waals surface area (Å²) in [6.45, 7) is 4.98. The fraction of sp³-hybridized carbons (Fsp3) is 0.926. The Morgan fingerprint density at radius 1 is 0.322 bits per heavy atom. The molecule has 0 spiro atoms. The first kappa shape index (κ1) is 85.3. The van der Waals surface area contributed by atoms with Gasteiger partial charge in [0.15, 0.2) is 0 Å². The number of esters is 1. The van der Waals surface area contributed by atoms with Crippen molar-refractivity contribution in [3.8, 4) is 0 Å². The molecule has 87 heavy (non-hydrogen) atoms. The second kappa shape index (κ2) is 76.8. The van der Waals surface area contributed by atoms with Gasteiger partial charge in [0.2, 0.25) is 5.91 Å². The molecule has 0 aliphatic rings. The summed E-state index contributed by atoms with van der Waals surface area (Å²) in [7, 11) is 0. The minimum atomic E-state index is -0.662. The molecule has 0 aliphatic carbocycles. The molecule has 6 heteroatoms. The van der Waals surface area contributed by atoms with Gasteiger partial charge in [0.25, 0.3) is 0 Å².